The highest BCUT2D eigenvalue weighted by Gasteiger charge is 2.12. The van der Waals surface area contributed by atoms with Gasteiger partial charge in [0.2, 0.25) is 5.91 Å². The van der Waals surface area contributed by atoms with Crippen LogP contribution >= 0.6 is 27.5 Å². The number of hydrogen-bond acceptors (Lipinski definition) is 2. The van der Waals surface area contributed by atoms with Crippen molar-refractivity contribution in [2.24, 2.45) is 0 Å². The zero-order valence-corrected chi connectivity index (χ0v) is 11.5. The highest BCUT2D eigenvalue weighted by atomic mass is 79.9. The van der Waals surface area contributed by atoms with Crippen LogP contribution in [0.15, 0.2) is 29.0 Å². The predicted molar refractivity (Wildman–Crippen MR) is 70.2 cm³/mol. The van der Waals surface area contributed by atoms with E-state index in [0.717, 1.165) is 15.8 Å². The van der Waals surface area contributed by atoms with Gasteiger partial charge in [0.25, 0.3) is 0 Å². The molecule has 90 valence electrons. The van der Waals surface area contributed by atoms with Crippen molar-refractivity contribution in [3.8, 4) is 0 Å². The molecular weight excluding hydrogens is 305 g/mol. The molecule has 0 bridgehead atoms. The molecule has 0 saturated heterocycles. The molecule has 2 rings (SSSR count). The summed E-state index contributed by atoms with van der Waals surface area (Å²) in [6, 6.07) is 3.68. The van der Waals surface area contributed by atoms with Crippen molar-refractivity contribution in [2.75, 3.05) is 5.88 Å². The van der Waals surface area contributed by atoms with Crippen molar-refractivity contribution < 1.29 is 4.79 Å². The van der Waals surface area contributed by atoms with Crippen molar-refractivity contribution in [2.45, 2.75) is 13.0 Å². The summed E-state index contributed by atoms with van der Waals surface area (Å²) < 4.78 is 2.88. The van der Waals surface area contributed by atoms with Gasteiger partial charge in [0.1, 0.15) is 11.5 Å². The van der Waals surface area contributed by atoms with Crippen LogP contribution in [0.25, 0.3) is 5.65 Å². The van der Waals surface area contributed by atoms with Crippen molar-refractivity contribution in [1.82, 2.24) is 14.7 Å². The fourth-order valence-electron chi connectivity index (χ4n) is 1.55. The van der Waals surface area contributed by atoms with Crippen LogP contribution in [0.1, 0.15) is 18.7 Å². The van der Waals surface area contributed by atoms with Crippen molar-refractivity contribution >= 4 is 39.1 Å². The zero-order chi connectivity index (χ0) is 12.4. The van der Waals surface area contributed by atoms with E-state index in [4.69, 9.17) is 11.6 Å². The average molecular weight is 317 g/mol. The summed E-state index contributed by atoms with van der Waals surface area (Å²) in [7, 11) is 0. The third-order valence-electron chi connectivity index (χ3n) is 2.38. The maximum absolute atomic E-state index is 11.2. The van der Waals surface area contributed by atoms with Gasteiger partial charge in [0.15, 0.2) is 0 Å². The van der Waals surface area contributed by atoms with Crippen LogP contribution in [0.4, 0.5) is 0 Å². The lowest BCUT2D eigenvalue weighted by atomic mass is 10.2. The van der Waals surface area contributed by atoms with Crippen LogP contribution in [0.3, 0.4) is 0 Å². The molecule has 1 amide bonds. The monoisotopic (exact) mass is 315 g/mol. The number of hydrogen-bond donors (Lipinski definition) is 1. The number of nitrogens with zero attached hydrogens (tertiary/aromatic N) is 2. The molecule has 1 atom stereocenters. The largest absolute Gasteiger partial charge is 0.347 e. The van der Waals surface area contributed by atoms with Crippen LogP contribution in [0.2, 0.25) is 0 Å². The number of pyridine rings is 1. The summed E-state index contributed by atoms with van der Waals surface area (Å²) in [6.07, 6.45) is 3.81. The lowest BCUT2D eigenvalue weighted by Gasteiger charge is -2.09. The van der Waals surface area contributed by atoms with E-state index in [1.807, 2.05) is 35.9 Å². The molecule has 2 aromatic heterocycles. The quantitative estimate of drug-likeness (QED) is 0.885. The van der Waals surface area contributed by atoms with Gasteiger partial charge in [-0.25, -0.2) is 4.98 Å². The number of carbonyl (C=O) groups is 1. The summed E-state index contributed by atoms with van der Waals surface area (Å²) in [6.45, 7) is 1.88. The lowest BCUT2D eigenvalue weighted by molar-refractivity contribution is -0.119. The predicted octanol–water partition coefficient (Wildman–Crippen LogP) is 2.51. The molecule has 2 aromatic rings. The summed E-state index contributed by atoms with van der Waals surface area (Å²) >= 11 is 8.83. The Hall–Kier alpha value is -1.07. The number of halogens is 2. The zero-order valence-electron chi connectivity index (χ0n) is 9.15. The Morgan fingerprint density at radius 1 is 1.59 bits per heavy atom. The molecule has 0 spiro atoms. The summed E-state index contributed by atoms with van der Waals surface area (Å²) in [5.41, 5.74) is 1.65. The second-order valence-electron chi connectivity index (χ2n) is 3.70. The van der Waals surface area contributed by atoms with Crippen LogP contribution < -0.4 is 5.32 Å². The van der Waals surface area contributed by atoms with Gasteiger partial charge < -0.3 is 9.72 Å². The van der Waals surface area contributed by atoms with Crippen LogP contribution in [-0.4, -0.2) is 21.2 Å². The van der Waals surface area contributed by atoms with Crippen molar-refractivity contribution in [1.29, 1.82) is 0 Å². The summed E-state index contributed by atoms with van der Waals surface area (Å²) in [5, 5.41) is 2.76. The van der Waals surface area contributed by atoms with Gasteiger partial charge in [-0.1, -0.05) is 0 Å². The van der Waals surface area contributed by atoms with E-state index in [-0.39, 0.29) is 17.8 Å². The summed E-state index contributed by atoms with van der Waals surface area (Å²) in [4.78, 5) is 15.6. The first-order chi connectivity index (χ1) is 8.10. The number of carbonyl (C=O) groups excluding carboxylic acids is 1. The second-order valence-corrected chi connectivity index (χ2v) is 4.88. The highest BCUT2D eigenvalue weighted by molar-refractivity contribution is 9.10. The lowest BCUT2D eigenvalue weighted by Crippen LogP contribution is -2.27. The number of imidazole rings is 1. The SMILES string of the molecule is C[C@H](NC(=O)CCl)c1cn2cc(Br)ccc2n1. The Labute approximate surface area is 112 Å². The minimum atomic E-state index is -0.197. The van der Waals surface area contributed by atoms with E-state index < -0.39 is 0 Å². The molecule has 17 heavy (non-hydrogen) atoms. The fraction of sp³-hybridized carbons (Fsp3) is 0.273. The minimum absolute atomic E-state index is 0.0384. The van der Waals surface area contributed by atoms with Gasteiger partial charge >= 0.3 is 0 Å². The van der Waals surface area contributed by atoms with Gasteiger partial charge in [-0.05, 0) is 35.0 Å². The second kappa shape index (κ2) is 5.06. The van der Waals surface area contributed by atoms with Gasteiger partial charge in [-0.15, -0.1) is 11.6 Å². The van der Waals surface area contributed by atoms with E-state index in [1.165, 1.54) is 0 Å². The Kier molecular flexibility index (Phi) is 3.69. The first-order valence-electron chi connectivity index (χ1n) is 5.09. The summed E-state index contributed by atoms with van der Waals surface area (Å²) in [5.74, 6) is -0.235. The Bertz CT molecular complexity index is 555. The van der Waals surface area contributed by atoms with Crippen LogP contribution in [0.5, 0.6) is 0 Å². The van der Waals surface area contributed by atoms with Crippen LogP contribution in [-0.2, 0) is 4.79 Å². The van der Waals surface area contributed by atoms with Crippen molar-refractivity contribution in [3.05, 3.63) is 34.7 Å². The molecule has 0 saturated carbocycles. The van der Waals surface area contributed by atoms with Gasteiger partial charge in [0.05, 0.1) is 11.7 Å². The number of fused-ring (bicyclic) bond motifs is 1. The molecular formula is C11H11BrClN3O. The molecule has 0 aliphatic heterocycles. The molecule has 1 N–H and O–H groups in total. The highest BCUT2D eigenvalue weighted by Crippen LogP contribution is 2.16. The Morgan fingerprint density at radius 2 is 2.35 bits per heavy atom. The molecule has 0 unspecified atom stereocenters. The Balaban J connectivity index is 2.27. The molecule has 6 heteroatoms. The van der Waals surface area contributed by atoms with E-state index in [9.17, 15) is 4.79 Å². The Morgan fingerprint density at radius 3 is 3.06 bits per heavy atom. The third-order valence-corrected chi connectivity index (χ3v) is 3.09. The van der Waals surface area contributed by atoms with E-state index in [2.05, 4.69) is 26.2 Å². The minimum Gasteiger partial charge on any atom is -0.347 e. The van der Waals surface area contributed by atoms with E-state index in [1.54, 1.807) is 0 Å². The third kappa shape index (κ3) is 2.79. The van der Waals surface area contributed by atoms with Gasteiger partial charge in [0, 0.05) is 16.9 Å². The maximum atomic E-state index is 11.2. The molecule has 0 aromatic carbocycles. The molecule has 0 aliphatic carbocycles. The molecule has 2 heterocycles. The molecule has 0 radical (unpaired) electrons. The topological polar surface area (TPSA) is 46.4 Å². The first-order valence-corrected chi connectivity index (χ1v) is 6.42. The first kappa shape index (κ1) is 12.4. The number of nitrogens with one attached hydrogen (secondary N) is 1. The molecule has 4 nitrogen and oxygen atoms in total. The molecule has 0 fully saturated rings. The maximum Gasteiger partial charge on any atom is 0.235 e. The van der Waals surface area contributed by atoms with Crippen LogP contribution in [0, 0.1) is 0 Å². The number of alkyl halides is 1. The van der Waals surface area contributed by atoms with E-state index in [0.29, 0.717) is 0 Å². The van der Waals surface area contributed by atoms with Gasteiger partial charge in [-0.2, -0.15) is 0 Å². The van der Waals surface area contributed by atoms with Gasteiger partial charge in [-0.3, -0.25) is 4.79 Å². The average Bonchev–Trinajstić information content (AvgIpc) is 2.71. The van der Waals surface area contributed by atoms with Crippen molar-refractivity contribution in [3.63, 3.8) is 0 Å². The molecule has 0 aliphatic rings. The number of rotatable bonds is 3. The smallest absolute Gasteiger partial charge is 0.235 e. The number of amides is 1. The standard InChI is InChI=1S/C11H11BrClN3O/c1-7(14-11(17)4-13)9-6-16-5-8(12)2-3-10(16)15-9/h2-3,5-7H,4H2,1H3,(H,14,17)/t7-/m0/s1. The normalized spacial score (nSPS) is 12.6. The van der Waals surface area contributed by atoms with E-state index >= 15 is 0 Å². The fourth-order valence-corrected chi connectivity index (χ4v) is 1.98. The number of aromatic nitrogens is 2.